The van der Waals surface area contributed by atoms with Gasteiger partial charge in [0.05, 0.1) is 11.9 Å². The molecule has 1 rings (SSSR count). The van der Waals surface area contributed by atoms with Crippen LogP contribution in [0.3, 0.4) is 0 Å². The van der Waals surface area contributed by atoms with Crippen LogP contribution < -0.4 is 9.62 Å². The number of amides is 1. The van der Waals surface area contributed by atoms with E-state index in [4.69, 9.17) is 23.2 Å². The third kappa shape index (κ3) is 6.02. The summed E-state index contributed by atoms with van der Waals surface area (Å²) in [4.78, 5) is 12.0. The molecule has 0 fully saturated rings. The predicted molar refractivity (Wildman–Crippen MR) is 91.2 cm³/mol. The standard InChI is InChI=1S/C14H20Cl2N2O3S/c1-4-5-10(2)17-14(19)9-18(22(3,20)21)13-7-11(15)6-12(16)8-13/h6-8,10H,4-5,9H2,1-3H3,(H,17,19). The van der Waals surface area contributed by atoms with Gasteiger partial charge in [-0.15, -0.1) is 0 Å². The molecule has 8 heteroatoms. The van der Waals surface area contributed by atoms with Crippen molar-refractivity contribution in [2.75, 3.05) is 17.1 Å². The molecule has 1 unspecified atom stereocenters. The molecule has 1 aromatic rings. The first kappa shape index (κ1) is 19.1. The first-order valence-electron chi connectivity index (χ1n) is 6.86. The van der Waals surface area contributed by atoms with E-state index in [9.17, 15) is 13.2 Å². The zero-order chi connectivity index (χ0) is 16.9. The van der Waals surface area contributed by atoms with Crippen LogP contribution in [0.4, 0.5) is 5.69 Å². The lowest BCUT2D eigenvalue weighted by Gasteiger charge is -2.23. The maximum absolute atomic E-state index is 12.0. The molecule has 0 aliphatic carbocycles. The smallest absolute Gasteiger partial charge is 0.240 e. The van der Waals surface area contributed by atoms with E-state index in [0.29, 0.717) is 10.0 Å². The Bertz CT molecular complexity index is 615. The second-order valence-corrected chi connectivity index (χ2v) is 7.93. The number of hydrogen-bond acceptors (Lipinski definition) is 3. The van der Waals surface area contributed by atoms with Crippen molar-refractivity contribution in [3.8, 4) is 0 Å². The van der Waals surface area contributed by atoms with E-state index in [2.05, 4.69) is 5.32 Å². The number of sulfonamides is 1. The van der Waals surface area contributed by atoms with Gasteiger partial charge in [-0.2, -0.15) is 0 Å². The van der Waals surface area contributed by atoms with Gasteiger partial charge >= 0.3 is 0 Å². The second kappa shape index (κ2) is 8.04. The summed E-state index contributed by atoms with van der Waals surface area (Å²) in [6.07, 6.45) is 2.79. The third-order valence-corrected chi connectivity index (χ3v) is 4.53. The van der Waals surface area contributed by atoms with Crippen LogP contribution in [0, 0.1) is 0 Å². The van der Waals surface area contributed by atoms with Crippen molar-refractivity contribution in [3.63, 3.8) is 0 Å². The molecule has 0 heterocycles. The summed E-state index contributed by atoms with van der Waals surface area (Å²) < 4.78 is 24.9. The number of anilines is 1. The fourth-order valence-electron chi connectivity index (χ4n) is 2.04. The molecule has 0 aromatic heterocycles. The van der Waals surface area contributed by atoms with Gasteiger partial charge < -0.3 is 5.32 Å². The van der Waals surface area contributed by atoms with Crippen LogP contribution in [0.25, 0.3) is 0 Å². The number of hydrogen-bond donors (Lipinski definition) is 1. The Balaban J connectivity index is 2.98. The Kier molecular flexibility index (Phi) is 6.97. The number of carbonyl (C=O) groups excluding carboxylic acids is 1. The summed E-state index contributed by atoms with van der Waals surface area (Å²) in [6.45, 7) is 3.57. The largest absolute Gasteiger partial charge is 0.352 e. The maximum Gasteiger partial charge on any atom is 0.240 e. The van der Waals surface area contributed by atoms with Crippen molar-refractivity contribution in [3.05, 3.63) is 28.2 Å². The highest BCUT2D eigenvalue weighted by atomic mass is 35.5. The highest BCUT2D eigenvalue weighted by molar-refractivity contribution is 7.92. The molecular formula is C14H20Cl2N2O3S. The molecule has 1 N–H and O–H groups in total. The summed E-state index contributed by atoms with van der Waals surface area (Å²) in [5, 5.41) is 3.37. The van der Waals surface area contributed by atoms with Gasteiger partial charge in [-0.1, -0.05) is 36.5 Å². The highest BCUT2D eigenvalue weighted by Crippen LogP contribution is 2.26. The molecule has 0 aliphatic heterocycles. The Morgan fingerprint density at radius 1 is 1.27 bits per heavy atom. The molecule has 0 bridgehead atoms. The molecule has 0 aliphatic rings. The van der Waals surface area contributed by atoms with Gasteiger partial charge in [-0.25, -0.2) is 8.42 Å². The van der Waals surface area contributed by atoms with E-state index in [-0.39, 0.29) is 24.2 Å². The molecule has 124 valence electrons. The van der Waals surface area contributed by atoms with Crippen LogP contribution in [0.5, 0.6) is 0 Å². The molecule has 0 saturated carbocycles. The van der Waals surface area contributed by atoms with Gasteiger partial charge in [0, 0.05) is 16.1 Å². The SMILES string of the molecule is CCCC(C)NC(=O)CN(c1cc(Cl)cc(Cl)c1)S(C)(=O)=O. The second-order valence-electron chi connectivity index (χ2n) is 5.15. The third-order valence-electron chi connectivity index (χ3n) is 2.95. The first-order chi connectivity index (χ1) is 10.1. The van der Waals surface area contributed by atoms with Gasteiger partial charge in [-0.05, 0) is 31.5 Å². The molecule has 1 aromatic carbocycles. The minimum atomic E-state index is -3.64. The van der Waals surface area contributed by atoms with Crippen LogP contribution in [-0.4, -0.2) is 33.2 Å². The van der Waals surface area contributed by atoms with Crippen molar-refractivity contribution >= 4 is 44.8 Å². The number of nitrogens with zero attached hydrogens (tertiary/aromatic N) is 1. The van der Waals surface area contributed by atoms with Crippen LogP contribution in [0.1, 0.15) is 26.7 Å². The van der Waals surface area contributed by atoms with E-state index in [1.165, 1.54) is 18.2 Å². The fourth-order valence-corrected chi connectivity index (χ4v) is 3.39. The average molecular weight is 367 g/mol. The number of benzene rings is 1. The predicted octanol–water partition coefficient (Wildman–Crippen LogP) is 3.06. The summed E-state index contributed by atoms with van der Waals surface area (Å²) in [6, 6.07) is 4.40. The molecular weight excluding hydrogens is 347 g/mol. The molecule has 22 heavy (non-hydrogen) atoms. The Labute approximate surface area is 141 Å². The molecule has 0 spiro atoms. The van der Waals surface area contributed by atoms with Crippen LogP contribution >= 0.6 is 23.2 Å². The van der Waals surface area contributed by atoms with Crippen molar-refractivity contribution in [2.45, 2.75) is 32.7 Å². The normalized spacial score (nSPS) is 12.8. The highest BCUT2D eigenvalue weighted by Gasteiger charge is 2.22. The summed E-state index contributed by atoms with van der Waals surface area (Å²) in [5.41, 5.74) is 0.262. The number of rotatable bonds is 7. The lowest BCUT2D eigenvalue weighted by Crippen LogP contribution is -2.43. The first-order valence-corrected chi connectivity index (χ1v) is 9.47. The molecule has 1 amide bonds. The van der Waals surface area contributed by atoms with Crippen molar-refractivity contribution < 1.29 is 13.2 Å². The van der Waals surface area contributed by atoms with E-state index in [1.54, 1.807) is 0 Å². The summed E-state index contributed by atoms with van der Waals surface area (Å²) in [7, 11) is -3.64. The molecule has 1 atom stereocenters. The van der Waals surface area contributed by atoms with Crippen molar-refractivity contribution in [1.29, 1.82) is 0 Å². The zero-order valence-corrected chi connectivity index (χ0v) is 15.1. The van der Waals surface area contributed by atoms with E-state index in [1.807, 2.05) is 13.8 Å². The van der Waals surface area contributed by atoms with E-state index < -0.39 is 10.0 Å². The number of halogens is 2. The van der Waals surface area contributed by atoms with E-state index >= 15 is 0 Å². The molecule has 5 nitrogen and oxygen atoms in total. The van der Waals surface area contributed by atoms with Gasteiger partial charge in [0.15, 0.2) is 0 Å². The van der Waals surface area contributed by atoms with Crippen LogP contribution in [-0.2, 0) is 14.8 Å². The average Bonchev–Trinajstić information content (AvgIpc) is 2.33. The Morgan fingerprint density at radius 3 is 2.27 bits per heavy atom. The van der Waals surface area contributed by atoms with Gasteiger partial charge in [-0.3, -0.25) is 9.10 Å². The molecule has 0 radical (unpaired) electrons. The van der Waals surface area contributed by atoms with Crippen LogP contribution in [0.15, 0.2) is 18.2 Å². The van der Waals surface area contributed by atoms with Gasteiger partial charge in [0.25, 0.3) is 0 Å². The number of nitrogens with one attached hydrogen (secondary N) is 1. The van der Waals surface area contributed by atoms with Gasteiger partial charge in [0.1, 0.15) is 6.54 Å². The van der Waals surface area contributed by atoms with Crippen LogP contribution in [0.2, 0.25) is 10.0 Å². The summed E-state index contributed by atoms with van der Waals surface area (Å²) >= 11 is 11.8. The van der Waals surface area contributed by atoms with Crippen molar-refractivity contribution in [2.24, 2.45) is 0 Å². The monoisotopic (exact) mass is 366 g/mol. The van der Waals surface area contributed by atoms with Crippen molar-refractivity contribution in [1.82, 2.24) is 5.32 Å². The lowest BCUT2D eigenvalue weighted by molar-refractivity contribution is -0.120. The minimum absolute atomic E-state index is 0.0122. The topological polar surface area (TPSA) is 66.5 Å². The Hall–Kier alpha value is -0.980. The fraction of sp³-hybridized carbons (Fsp3) is 0.500. The molecule has 0 saturated heterocycles. The Morgan fingerprint density at radius 2 is 1.82 bits per heavy atom. The van der Waals surface area contributed by atoms with Gasteiger partial charge in [0.2, 0.25) is 15.9 Å². The maximum atomic E-state index is 12.0. The number of carbonyl (C=O) groups is 1. The summed E-state index contributed by atoms with van der Waals surface area (Å²) in [5.74, 6) is -0.373. The van der Waals surface area contributed by atoms with E-state index in [0.717, 1.165) is 23.4 Å². The zero-order valence-electron chi connectivity index (χ0n) is 12.8. The minimum Gasteiger partial charge on any atom is -0.352 e. The lowest BCUT2D eigenvalue weighted by atomic mass is 10.2. The quantitative estimate of drug-likeness (QED) is 0.806.